The third kappa shape index (κ3) is 7.96. The summed E-state index contributed by atoms with van der Waals surface area (Å²) in [6.07, 6.45) is 8.10. The van der Waals surface area contributed by atoms with Crippen LogP contribution in [0.2, 0.25) is 0 Å². The van der Waals surface area contributed by atoms with Crippen LogP contribution >= 0.6 is 11.8 Å². The molecule has 0 aromatic rings. The number of nitrogens with one attached hydrogen (secondary N) is 2. The standard InChI is InChI=1S/C10H18N2OS/c1-4-6-11-8-10(13)12-9(2)5-7-14-3/h1,9,11H,5-8H2,2-3H3,(H,12,13). The van der Waals surface area contributed by atoms with Gasteiger partial charge in [0.25, 0.3) is 0 Å². The van der Waals surface area contributed by atoms with Gasteiger partial charge in [0.2, 0.25) is 5.91 Å². The van der Waals surface area contributed by atoms with Crippen LogP contribution in [-0.2, 0) is 4.79 Å². The van der Waals surface area contributed by atoms with Crippen LogP contribution in [0.3, 0.4) is 0 Å². The Hall–Kier alpha value is -0.660. The number of terminal acetylenes is 1. The average Bonchev–Trinajstić information content (AvgIpc) is 2.15. The average molecular weight is 214 g/mol. The molecule has 2 N–H and O–H groups in total. The van der Waals surface area contributed by atoms with Crippen molar-refractivity contribution >= 4 is 17.7 Å². The van der Waals surface area contributed by atoms with Crippen LogP contribution < -0.4 is 10.6 Å². The van der Waals surface area contributed by atoms with E-state index in [0.29, 0.717) is 13.1 Å². The van der Waals surface area contributed by atoms with Gasteiger partial charge in [-0.2, -0.15) is 11.8 Å². The summed E-state index contributed by atoms with van der Waals surface area (Å²) in [6, 6.07) is 0.239. The SMILES string of the molecule is C#CCNCC(=O)NC(C)CCSC. The number of amides is 1. The summed E-state index contributed by atoms with van der Waals surface area (Å²) in [5.74, 6) is 3.49. The highest BCUT2D eigenvalue weighted by atomic mass is 32.2. The second-order valence-electron chi connectivity index (χ2n) is 3.06. The van der Waals surface area contributed by atoms with Crippen LogP contribution in [0.1, 0.15) is 13.3 Å². The zero-order valence-electron chi connectivity index (χ0n) is 8.80. The van der Waals surface area contributed by atoms with Crippen molar-refractivity contribution in [2.45, 2.75) is 19.4 Å². The van der Waals surface area contributed by atoms with Crippen molar-refractivity contribution in [2.75, 3.05) is 25.1 Å². The Morgan fingerprint density at radius 3 is 2.93 bits per heavy atom. The lowest BCUT2D eigenvalue weighted by Gasteiger charge is -2.12. The van der Waals surface area contributed by atoms with Crippen LogP contribution in [-0.4, -0.2) is 37.0 Å². The first-order valence-electron chi connectivity index (χ1n) is 4.63. The van der Waals surface area contributed by atoms with Crippen molar-refractivity contribution < 1.29 is 4.79 Å². The smallest absolute Gasteiger partial charge is 0.234 e. The molecular formula is C10H18N2OS. The Morgan fingerprint density at radius 1 is 1.64 bits per heavy atom. The van der Waals surface area contributed by atoms with E-state index in [1.54, 1.807) is 11.8 Å². The van der Waals surface area contributed by atoms with Crippen molar-refractivity contribution in [2.24, 2.45) is 0 Å². The third-order valence-corrected chi connectivity index (χ3v) is 2.32. The lowest BCUT2D eigenvalue weighted by Crippen LogP contribution is -2.39. The summed E-state index contributed by atoms with van der Waals surface area (Å²) in [5, 5.41) is 5.73. The molecule has 0 radical (unpaired) electrons. The highest BCUT2D eigenvalue weighted by Gasteiger charge is 2.05. The Balaban J connectivity index is 3.46. The first-order valence-corrected chi connectivity index (χ1v) is 6.02. The van der Waals surface area contributed by atoms with Crippen molar-refractivity contribution in [3.05, 3.63) is 0 Å². The highest BCUT2D eigenvalue weighted by molar-refractivity contribution is 7.98. The minimum absolute atomic E-state index is 0.00820. The predicted molar refractivity (Wildman–Crippen MR) is 62.3 cm³/mol. The normalized spacial score (nSPS) is 11.8. The molecule has 0 aliphatic heterocycles. The second kappa shape index (κ2) is 8.92. The molecule has 0 rings (SSSR count). The van der Waals surface area contributed by atoms with Gasteiger partial charge >= 0.3 is 0 Å². The van der Waals surface area contributed by atoms with Gasteiger partial charge in [0.05, 0.1) is 13.1 Å². The van der Waals surface area contributed by atoms with Gasteiger partial charge in [-0.15, -0.1) is 6.42 Å². The Bertz CT molecular complexity index is 201. The summed E-state index contributed by atoms with van der Waals surface area (Å²) < 4.78 is 0. The maximum Gasteiger partial charge on any atom is 0.234 e. The fourth-order valence-corrected chi connectivity index (χ4v) is 1.53. The van der Waals surface area contributed by atoms with Crippen molar-refractivity contribution in [3.8, 4) is 12.3 Å². The monoisotopic (exact) mass is 214 g/mol. The van der Waals surface area contributed by atoms with Gasteiger partial charge in [-0.25, -0.2) is 0 Å². The molecule has 3 nitrogen and oxygen atoms in total. The van der Waals surface area contributed by atoms with Crippen LogP contribution in [0.25, 0.3) is 0 Å². The largest absolute Gasteiger partial charge is 0.353 e. The van der Waals surface area contributed by atoms with Crippen LogP contribution in [0, 0.1) is 12.3 Å². The molecule has 80 valence electrons. The fraction of sp³-hybridized carbons (Fsp3) is 0.700. The number of hydrogen-bond acceptors (Lipinski definition) is 3. The van der Waals surface area contributed by atoms with Gasteiger partial charge in [-0.05, 0) is 25.4 Å². The van der Waals surface area contributed by atoms with Gasteiger partial charge < -0.3 is 5.32 Å². The van der Waals surface area contributed by atoms with Crippen molar-refractivity contribution in [1.29, 1.82) is 0 Å². The Morgan fingerprint density at radius 2 is 2.36 bits per heavy atom. The Labute approximate surface area is 90.4 Å². The van der Waals surface area contributed by atoms with Crippen LogP contribution in [0.4, 0.5) is 0 Å². The summed E-state index contributed by atoms with van der Waals surface area (Å²) >= 11 is 1.79. The number of carbonyl (C=O) groups is 1. The molecule has 1 amide bonds. The molecular weight excluding hydrogens is 196 g/mol. The molecule has 4 heteroatoms. The van der Waals surface area contributed by atoms with Crippen LogP contribution in [0.15, 0.2) is 0 Å². The van der Waals surface area contributed by atoms with Crippen molar-refractivity contribution in [3.63, 3.8) is 0 Å². The molecule has 0 aliphatic carbocycles. The molecule has 1 atom stereocenters. The highest BCUT2D eigenvalue weighted by Crippen LogP contribution is 1.99. The molecule has 0 saturated carbocycles. The zero-order valence-corrected chi connectivity index (χ0v) is 9.62. The predicted octanol–water partition coefficient (Wildman–Crippen LogP) is 0.467. The maximum atomic E-state index is 11.2. The van der Waals surface area contributed by atoms with Gasteiger partial charge in [-0.1, -0.05) is 5.92 Å². The molecule has 0 heterocycles. The van der Waals surface area contributed by atoms with E-state index in [9.17, 15) is 4.79 Å². The minimum Gasteiger partial charge on any atom is -0.353 e. The quantitative estimate of drug-likeness (QED) is 0.478. The maximum absolute atomic E-state index is 11.2. The lowest BCUT2D eigenvalue weighted by atomic mass is 10.2. The zero-order chi connectivity index (χ0) is 10.8. The molecule has 0 fully saturated rings. The molecule has 0 saturated heterocycles. The molecule has 0 aromatic carbocycles. The van der Waals surface area contributed by atoms with E-state index >= 15 is 0 Å². The summed E-state index contributed by atoms with van der Waals surface area (Å²) in [6.45, 7) is 2.75. The van der Waals surface area contributed by atoms with E-state index in [1.807, 2.05) is 6.92 Å². The third-order valence-electron chi connectivity index (χ3n) is 1.67. The second-order valence-corrected chi connectivity index (χ2v) is 4.04. The summed E-state index contributed by atoms with van der Waals surface area (Å²) in [5.41, 5.74) is 0. The van der Waals surface area contributed by atoms with Gasteiger partial charge in [-0.3, -0.25) is 10.1 Å². The minimum atomic E-state index is 0.00820. The first-order chi connectivity index (χ1) is 6.70. The van der Waals surface area contributed by atoms with Crippen LogP contribution in [0.5, 0.6) is 0 Å². The van der Waals surface area contributed by atoms with Gasteiger partial charge in [0, 0.05) is 6.04 Å². The summed E-state index contributed by atoms with van der Waals surface area (Å²) in [4.78, 5) is 11.2. The van der Waals surface area contributed by atoms with Gasteiger partial charge in [0.1, 0.15) is 0 Å². The first kappa shape index (κ1) is 13.3. The molecule has 14 heavy (non-hydrogen) atoms. The lowest BCUT2D eigenvalue weighted by molar-refractivity contribution is -0.120. The number of carbonyl (C=O) groups excluding carboxylic acids is 1. The van der Waals surface area contributed by atoms with Crippen molar-refractivity contribution in [1.82, 2.24) is 10.6 Å². The van der Waals surface area contributed by atoms with E-state index in [4.69, 9.17) is 6.42 Å². The van der Waals surface area contributed by atoms with E-state index in [0.717, 1.165) is 12.2 Å². The molecule has 0 bridgehead atoms. The summed E-state index contributed by atoms with van der Waals surface area (Å²) in [7, 11) is 0. The fourth-order valence-electron chi connectivity index (χ4n) is 0.941. The van der Waals surface area contributed by atoms with E-state index in [-0.39, 0.29) is 11.9 Å². The molecule has 0 aliphatic rings. The van der Waals surface area contributed by atoms with E-state index in [2.05, 4.69) is 22.8 Å². The molecule has 0 aromatic heterocycles. The van der Waals surface area contributed by atoms with Gasteiger partial charge in [0.15, 0.2) is 0 Å². The number of thioether (sulfide) groups is 1. The topological polar surface area (TPSA) is 41.1 Å². The Kier molecular flexibility index (Phi) is 8.50. The molecule has 0 spiro atoms. The molecule has 1 unspecified atom stereocenters. The number of hydrogen-bond donors (Lipinski definition) is 2. The van der Waals surface area contributed by atoms with E-state index < -0.39 is 0 Å². The number of rotatable bonds is 7. The van der Waals surface area contributed by atoms with E-state index in [1.165, 1.54) is 0 Å².